The Kier molecular flexibility index (Phi) is 4.71. The van der Waals surface area contributed by atoms with Crippen LogP contribution in [0.4, 0.5) is 14.6 Å². The molecular formula is C17H15F2N3OS. The fraction of sp³-hybridized carbons (Fsp3) is 0.176. The molecule has 124 valence electrons. The number of carbonyl (C=O) groups excluding carboxylic acids is 1. The second-order valence-electron chi connectivity index (χ2n) is 5.37. The smallest absolute Gasteiger partial charge is 0.230 e. The molecule has 7 heteroatoms. The number of thiophene rings is 1. The van der Waals surface area contributed by atoms with Crippen molar-refractivity contribution in [3.8, 4) is 0 Å². The van der Waals surface area contributed by atoms with Crippen LogP contribution in [0.5, 0.6) is 0 Å². The van der Waals surface area contributed by atoms with E-state index in [-0.39, 0.29) is 24.4 Å². The monoisotopic (exact) mass is 347 g/mol. The Morgan fingerprint density at radius 2 is 2.17 bits per heavy atom. The van der Waals surface area contributed by atoms with E-state index in [0.717, 1.165) is 28.6 Å². The van der Waals surface area contributed by atoms with Gasteiger partial charge in [0.2, 0.25) is 5.91 Å². The molecule has 0 aliphatic carbocycles. The van der Waals surface area contributed by atoms with Crippen LogP contribution in [0, 0.1) is 18.6 Å². The molecule has 1 aromatic carbocycles. The number of benzene rings is 1. The average molecular weight is 347 g/mol. The van der Waals surface area contributed by atoms with Crippen molar-refractivity contribution in [1.82, 2.24) is 9.78 Å². The van der Waals surface area contributed by atoms with Crippen molar-refractivity contribution in [2.75, 3.05) is 5.32 Å². The molecule has 0 aliphatic heterocycles. The first-order chi connectivity index (χ1) is 11.5. The van der Waals surface area contributed by atoms with Gasteiger partial charge < -0.3 is 5.32 Å². The van der Waals surface area contributed by atoms with Crippen LogP contribution >= 0.6 is 11.3 Å². The van der Waals surface area contributed by atoms with Crippen molar-refractivity contribution in [2.45, 2.75) is 19.9 Å². The van der Waals surface area contributed by atoms with E-state index in [2.05, 4.69) is 10.4 Å². The van der Waals surface area contributed by atoms with Gasteiger partial charge in [-0.1, -0.05) is 6.07 Å². The van der Waals surface area contributed by atoms with Crippen LogP contribution in [-0.4, -0.2) is 15.7 Å². The van der Waals surface area contributed by atoms with Gasteiger partial charge in [0.1, 0.15) is 17.5 Å². The summed E-state index contributed by atoms with van der Waals surface area (Å²) < 4.78 is 28.6. The average Bonchev–Trinajstić information content (AvgIpc) is 3.16. The van der Waals surface area contributed by atoms with Gasteiger partial charge in [0.25, 0.3) is 0 Å². The summed E-state index contributed by atoms with van der Waals surface area (Å²) in [6.45, 7) is 1.83. The maximum atomic E-state index is 13.8. The Morgan fingerprint density at radius 1 is 1.33 bits per heavy atom. The molecule has 0 saturated heterocycles. The number of anilines is 1. The highest BCUT2D eigenvalue weighted by molar-refractivity contribution is 7.10. The van der Waals surface area contributed by atoms with E-state index >= 15 is 0 Å². The van der Waals surface area contributed by atoms with Crippen molar-refractivity contribution in [1.29, 1.82) is 0 Å². The van der Waals surface area contributed by atoms with E-state index < -0.39 is 11.6 Å². The molecule has 4 nitrogen and oxygen atoms in total. The number of rotatable bonds is 5. The highest BCUT2D eigenvalue weighted by Crippen LogP contribution is 2.19. The molecule has 0 radical (unpaired) electrons. The minimum absolute atomic E-state index is 0.0338. The number of halogens is 2. The molecule has 0 aliphatic rings. The lowest BCUT2D eigenvalue weighted by atomic mass is 10.2. The van der Waals surface area contributed by atoms with E-state index in [0.29, 0.717) is 5.82 Å². The largest absolute Gasteiger partial charge is 0.310 e. The fourth-order valence-corrected chi connectivity index (χ4v) is 3.04. The molecule has 0 spiro atoms. The molecular weight excluding hydrogens is 332 g/mol. The summed E-state index contributed by atoms with van der Waals surface area (Å²) >= 11 is 1.50. The molecule has 1 amide bonds. The highest BCUT2D eigenvalue weighted by Gasteiger charge is 2.14. The Hall–Kier alpha value is -2.54. The summed E-state index contributed by atoms with van der Waals surface area (Å²) in [5, 5.41) is 8.86. The lowest BCUT2D eigenvalue weighted by Gasteiger charge is -2.11. The summed E-state index contributed by atoms with van der Waals surface area (Å²) in [7, 11) is 0. The fourth-order valence-electron chi connectivity index (χ4n) is 2.34. The summed E-state index contributed by atoms with van der Waals surface area (Å²) in [5.74, 6) is -0.721. The van der Waals surface area contributed by atoms with Crippen LogP contribution in [0.3, 0.4) is 0 Å². The van der Waals surface area contributed by atoms with Gasteiger partial charge in [0, 0.05) is 16.0 Å². The van der Waals surface area contributed by atoms with Gasteiger partial charge in [-0.25, -0.2) is 13.5 Å². The Bertz CT molecular complexity index is 859. The van der Waals surface area contributed by atoms with Gasteiger partial charge in [0.05, 0.1) is 19.2 Å². The van der Waals surface area contributed by atoms with Gasteiger partial charge in [-0.15, -0.1) is 11.3 Å². The van der Waals surface area contributed by atoms with Gasteiger partial charge in [-0.2, -0.15) is 5.10 Å². The molecule has 0 unspecified atom stereocenters. The third-order valence-corrected chi connectivity index (χ3v) is 4.40. The third-order valence-electron chi connectivity index (χ3n) is 3.52. The molecule has 0 saturated carbocycles. The number of nitrogens with zero attached hydrogens (tertiary/aromatic N) is 2. The summed E-state index contributed by atoms with van der Waals surface area (Å²) in [4.78, 5) is 13.1. The van der Waals surface area contributed by atoms with Crippen molar-refractivity contribution >= 4 is 23.1 Å². The minimum atomic E-state index is -0.515. The second-order valence-corrected chi connectivity index (χ2v) is 6.41. The van der Waals surface area contributed by atoms with E-state index in [9.17, 15) is 13.6 Å². The summed E-state index contributed by atoms with van der Waals surface area (Å²) in [5.41, 5.74) is 0.929. The van der Waals surface area contributed by atoms with Crippen molar-refractivity contribution in [3.05, 3.63) is 69.5 Å². The molecule has 0 atom stereocenters. The molecule has 1 N–H and O–H groups in total. The number of aromatic nitrogens is 2. The van der Waals surface area contributed by atoms with Crippen LogP contribution in [-0.2, 0) is 17.8 Å². The predicted octanol–water partition coefficient (Wildman–Crippen LogP) is 3.76. The number of carbonyl (C=O) groups is 1. The van der Waals surface area contributed by atoms with Crippen LogP contribution < -0.4 is 5.32 Å². The normalized spacial score (nSPS) is 10.8. The van der Waals surface area contributed by atoms with E-state index in [4.69, 9.17) is 0 Å². The van der Waals surface area contributed by atoms with Crippen LogP contribution in [0.1, 0.15) is 16.0 Å². The molecule has 2 heterocycles. The quantitative estimate of drug-likeness (QED) is 0.764. The lowest BCUT2D eigenvalue weighted by Crippen LogP contribution is -2.18. The first-order valence-corrected chi connectivity index (χ1v) is 8.19. The summed E-state index contributed by atoms with van der Waals surface area (Å²) in [6.07, 6.45) is 1.84. The molecule has 2 aromatic heterocycles. The minimum Gasteiger partial charge on any atom is -0.310 e. The van der Waals surface area contributed by atoms with Gasteiger partial charge >= 0.3 is 0 Å². The molecule has 24 heavy (non-hydrogen) atoms. The van der Waals surface area contributed by atoms with Crippen molar-refractivity contribution in [2.24, 2.45) is 0 Å². The SMILES string of the molecule is Cc1cnn(Cc2cc(F)ccc2F)c1NC(=O)Cc1cccs1. The number of hydrogen-bond acceptors (Lipinski definition) is 3. The zero-order chi connectivity index (χ0) is 17.1. The highest BCUT2D eigenvalue weighted by atomic mass is 32.1. The van der Waals surface area contributed by atoms with E-state index in [1.807, 2.05) is 17.5 Å². The van der Waals surface area contributed by atoms with Gasteiger partial charge in [0.15, 0.2) is 0 Å². The first-order valence-electron chi connectivity index (χ1n) is 7.31. The van der Waals surface area contributed by atoms with Gasteiger partial charge in [-0.05, 0) is 36.6 Å². The van der Waals surface area contributed by atoms with Crippen LogP contribution in [0.15, 0.2) is 41.9 Å². The molecule has 0 fully saturated rings. The maximum Gasteiger partial charge on any atom is 0.230 e. The Labute approximate surface area is 141 Å². The number of aryl methyl sites for hydroxylation is 1. The number of nitrogens with one attached hydrogen (secondary N) is 1. The zero-order valence-electron chi connectivity index (χ0n) is 12.9. The summed E-state index contributed by atoms with van der Waals surface area (Å²) in [6, 6.07) is 7.04. The molecule has 3 aromatic rings. The van der Waals surface area contributed by atoms with Crippen LogP contribution in [0.2, 0.25) is 0 Å². The van der Waals surface area contributed by atoms with E-state index in [1.165, 1.54) is 16.0 Å². The first kappa shape index (κ1) is 16.3. The number of hydrogen-bond donors (Lipinski definition) is 1. The lowest BCUT2D eigenvalue weighted by molar-refractivity contribution is -0.115. The third kappa shape index (κ3) is 3.68. The van der Waals surface area contributed by atoms with Crippen molar-refractivity contribution in [3.63, 3.8) is 0 Å². The Balaban J connectivity index is 1.78. The van der Waals surface area contributed by atoms with Crippen LogP contribution in [0.25, 0.3) is 0 Å². The topological polar surface area (TPSA) is 46.9 Å². The van der Waals surface area contributed by atoms with Crippen molar-refractivity contribution < 1.29 is 13.6 Å². The van der Waals surface area contributed by atoms with E-state index in [1.54, 1.807) is 13.1 Å². The zero-order valence-corrected chi connectivity index (χ0v) is 13.7. The standard InChI is InChI=1S/C17H15F2N3OS/c1-11-9-20-22(10-12-7-13(18)4-5-15(12)19)17(11)21-16(23)8-14-3-2-6-24-14/h2-7,9H,8,10H2,1H3,(H,21,23). The second kappa shape index (κ2) is 6.92. The number of amides is 1. The molecule has 3 rings (SSSR count). The predicted molar refractivity (Wildman–Crippen MR) is 89.1 cm³/mol. The molecule has 0 bridgehead atoms. The Morgan fingerprint density at radius 3 is 2.92 bits per heavy atom. The van der Waals surface area contributed by atoms with Gasteiger partial charge in [-0.3, -0.25) is 4.79 Å². The maximum absolute atomic E-state index is 13.8.